The van der Waals surface area contributed by atoms with E-state index in [1.54, 1.807) is 0 Å². The van der Waals surface area contributed by atoms with Gasteiger partial charge in [0.15, 0.2) is 0 Å². The minimum absolute atomic E-state index is 0.244. The molecule has 0 radical (unpaired) electrons. The Morgan fingerprint density at radius 1 is 1.11 bits per heavy atom. The van der Waals surface area contributed by atoms with Crippen LogP contribution in [0.5, 0.6) is 0 Å². The van der Waals surface area contributed by atoms with E-state index in [2.05, 4.69) is 26.7 Å². The summed E-state index contributed by atoms with van der Waals surface area (Å²) in [5.74, 6) is 0.777. The molecule has 3 saturated heterocycles. The van der Waals surface area contributed by atoms with E-state index in [4.69, 9.17) is 23.2 Å². The first-order valence-electron chi connectivity index (χ1n) is 6.87. The summed E-state index contributed by atoms with van der Waals surface area (Å²) in [4.78, 5) is 13.9. The topological polar surface area (TPSA) is 32.3 Å². The van der Waals surface area contributed by atoms with Gasteiger partial charge in [-0.15, -0.1) is 0 Å². The standard InChI is InChI=1S/C13H18Cl2N4/c1-2-3-9-11(14)16-13(17-12(9)15)10-8-18-4-6-19(10)7-5-18/h10H,2-8H2,1H3. The van der Waals surface area contributed by atoms with Crippen LogP contribution in [0, 0.1) is 0 Å². The zero-order valence-corrected chi connectivity index (χ0v) is 12.6. The van der Waals surface area contributed by atoms with Crippen LogP contribution in [-0.2, 0) is 6.42 Å². The van der Waals surface area contributed by atoms with Crippen molar-refractivity contribution in [1.29, 1.82) is 0 Å². The third kappa shape index (κ3) is 2.59. The maximum atomic E-state index is 6.27. The van der Waals surface area contributed by atoms with Crippen molar-refractivity contribution in [2.45, 2.75) is 25.8 Å². The fourth-order valence-electron chi connectivity index (χ4n) is 2.91. The van der Waals surface area contributed by atoms with Crippen LogP contribution in [0.2, 0.25) is 10.3 Å². The van der Waals surface area contributed by atoms with Crippen molar-refractivity contribution in [2.75, 3.05) is 32.7 Å². The van der Waals surface area contributed by atoms with Crippen molar-refractivity contribution in [3.05, 3.63) is 21.7 Å². The molecule has 4 rings (SSSR count). The number of nitrogens with zero attached hydrogens (tertiary/aromatic N) is 4. The van der Waals surface area contributed by atoms with Gasteiger partial charge >= 0.3 is 0 Å². The Hall–Kier alpha value is -0.420. The lowest BCUT2D eigenvalue weighted by Crippen LogP contribution is -2.57. The average molecular weight is 301 g/mol. The van der Waals surface area contributed by atoms with Gasteiger partial charge in [0.1, 0.15) is 16.1 Å². The third-order valence-corrected chi connectivity index (χ3v) is 4.63. The van der Waals surface area contributed by atoms with Crippen LogP contribution in [-0.4, -0.2) is 52.5 Å². The van der Waals surface area contributed by atoms with Gasteiger partial charge in [-0.3, -0.25) is 9.80 Å². The molecule has 2 bridgehead atoms. The zero-order chi connectivity index (χ0) is 13.4. The molecule has 0 aromatic carbocycles. The molecule has 0 spiro atoms. The van der Waals surface area contributed by atoms with Crippen LogP contribution >= 0.6 is 23.2 Å². The Labute approximate surface area is 123 Å². The van der Waals surface area contributed by atoms with Gasteiger partial charge in [-0.25, -0.2) is 9.97 Å². The molecule has 19 heavy (non-hydrogen) atoms. The molecule has 0 saturated carbocycles. The van der Waals surface area contributed by atoms with Crippen LogP contribution in [0.1, 0.15) is 30.8 Å². The number of hydrogen-bond donors (Lipinski definition) is 0. The number of fused-ring (bicyclic) bond motifs is 3. The van der Waals surface area contributed by atoms with Crippen LogP contribution in [0.25, 0.3) is 0 Å². The zero-order valence-electron chi connectivity index (χ0n) is 11.1. The van der Waals surface area contributed by atoms with E-state index in [0.717, 1.165) is 57.0 Å². The van der Waals surface area contributed by atoms with Crippen molar-refractivity contribution in [3.8, 4) is 0 Å². The minimum atomic E-state index is 0.244. The lowest BCUT2D eigenvalue weighted by atomic mass is 10.1. The molecule has 1 atom stereocenters. The van der Waals surface area contributed by atoms with Gasteiger partial charge in [0.2, 0.25) is 0 Å². The molecule has 1 aromatic rings. The highest BCUT2D eigenvalue weighted by Crippen LogP contribution is 2.30. The van der Waals surface area contributed by atoms with Crippen molar-refractivity contribution in [2.24, 2.45) is 0 Å². The number of halogens is 2. The summed E-state index contributed by atoms with van der Waals surface area (Å²) < 4.78 is 0. The molecule has 0 amide bonds. The molecular formula is C13H18Cl2N4. The second kappa shape index (κ2) is 5.52. The van der Waals surface area contributed by atoms with Crippen LogP contribution in [0.15, 0.2) is 0 Å². The summed E-state index contributed by atoms with van der Waals surface area (Å²) in [7, 11) is 0. The summed E-state index contributed by atoms with van der Waals surface area (Å²) in [6.07, 6.45) is 1.82. The number of aromatic nitrogens is 2. The maximum Gasteiger partial charge on any atom is 0.150 e. The third-order valence-electron chi connectivity index (χ3n) is 4.00. The average Bonchev–Trinajstić information content (AvgIpc) is 2.44. The van der Waals surface area contributed by atoms with Gasteiger partial charge in [0.05, 0.1) is 6.04 Å². The maximum absolute atomic E-state index is 6.27. The second-order valence-corrected chi connectivity index (χ2v) is 5.96. The molecular weight excluding hydrogens is 283 g/mol. The molecule has 4 heterocycles. The molecule has 0 N–H and O–H groups in total. The largest absolute Gasteiger partial charge is 0.299 e. The van der Waals surface area contributed by atoms with Gasteiger partial charge in [-0.2, -0.15) is 0 Å². The first-order chi connectivity index (χ1) is 9.19. The van der Waals surface area contributed by atoms with Crippen molar-refractivity contribution < 1.29 is 0 Å². The number of rotatable bonds is 3. The summed E-state index contributed by atoms with van der Waals surface area (Å²) >= 11 is 12.5. The van der Waals surface area contributed by atoms with E-state index >= 15 is 0 Å². The summed E-state index contributed by atoms with van der Waals surface area (Å²) in [6, 6.07) is 0.244. The Kier molecular flexibility index (Phi) is 3.94. The SMILES string of the molecule is CCCc1c(Cl)nc(C2CN3CCN2CC3)nc1Cl. The lowest BCUT2D eigenvalue weighted by Gasteiger charge is -2.46. The van der Waals surface area contributed by atoms with Crippen LogP contribution in [0.3, 0.4) is 0 Å². The first-order valence-corrected chi connectivity index (χ1v) is 7.63. The fraction of sp³-hybridized carbons (Fsp3) is 0.692. The molecule has 3 aliphatic heterocycles. The molecule has 4 nitrogen and oxygen atoms in total. The normalized spacial score (nSPS) is 29.7. The van der Waals surface area contributed by atoms with E-state index < -0.39 is 0 Å². The smallest absolute Gasteiger partial charge is 0.150 e. The number of piperazine rings is 3. The molecule has 1 aromatic heterocycles. The Balaban J connectivity index is 1.89. The highest BCUT2D eigenvalue weighted by atomic mass is 35.5. The van der Waals surface area contributed by atoms with Crippen molar-refractivity contribution in [3.63, 3.8) is 0 Å². The molecule has 3 fully saturated rings. The molecule has 6 heteroatoms. The molecule has 3 aliphatic rings. The Morgan fingerprint density at radius 3 is 2.21 bits per heavy atom. The van der Waals surface area contributed by atoms with Gasteiger partial charge in [0, 0.05) is 38.3 Å². The lowest BCUT2D eigenvalue weighted by molar-refractivity contribution is 0.00864. The van der Waals surface area contributed by atoms with Gasteiger partial charge < -0.3 is 0 Å². The van der Waals surface area contributed by atoms with Gasteiger partial charge in [0.25, 0.3) is 0 Å². The number of hydrogen-bond acceptors (Lipinski definition) is 4. The second-order valence-electron chi connectivity index (χ2n) is 5.24. The van der Waals surface area contributed by atoms with E-state index in [1.807, 2.05) is 0 Å². The van der Waals surface area contributed by atoms with Gasteiger partial charge in [-0.05, 0) is 6.42 Å². The van der Waals surface area contributed by atoms with Crippen molar-refractivity contribution >= 4 is 23.2 Å². The van der Waals surface area contributed by atoms with Crippen molar-refractivity contribution in [1.82, 2.24) is 19.8 Å². The molecule has 0 aliphatic carbocycles. The van der Waals surface area contributed by atoms with Crippen LogP contribution < -0.4 is 0 Å². The monoisotopic (exact) mass is 300 g/mol. The molecule has 104 valence electrons. The van der Waals surface area contributed by atoms with Crippen LogP contribution in [0.4, 0.5) is 0 Å². The highest BCUT2D eigenvalue weighted by Gasteiger charge is 2.35. The molecule has 1 unspecified atom stereocenters. The highest BCUT2D eigenvalue weighted by molar-refractivity contribution is 6.34. The minimum Gasteiger partial charge on any atom is -0.299 e. The van der Waals surface area contributed by atoms with E-state index in [-0.39, 0.29) is 6.04 Å². The summed E-state index contributed by atoms with van der Waals surface area (Å²) in [6.45, 7) is 7.54. The Morgan fingerprint density at radius 2 is 1.74 bits per heavy atom. The first kappa shape index (κ1) is 13.6. The predicted octanol–water partition coefficient (Wildman–Crippen LogP) is 2.41. The summed E-state index contributed by atoms with van der Waals surface area (Å²) in [5, 5.41) is 1.05. The Bertz CT molecular complexity index is 449. The van der Waals surface area contributed by atoms with Gasteiger partial charge in [-0.1, -0.05) is 36.5 Å². The predicted molar refractivity (Wildman–Crippen MR) is 76.8 cm³/mol. The fourth-order valence-corrected chi connectivity index (χ4v) is 3.50. The summed E-state index contributed by atoms with van der Waals surface area (Å²) in [5.41, 5.74) is 0.880. The van der Waals surface area contributed by atoms with E-state index in [0.29, 0.717) is 10.3 Å². The quantitative estimate of drug-likeness (QED) is 0.803. The van der Waals surface area contributed by atoms with E-state index in [9.17, 15) is 0 Å². The van der Waals surface area contributed by atoms with E-state index in [1.165, 1.54) is 0 Å².